The summed E-state index contributed by atoms with van der Waals surface area (Å²) in [6, 6.07) is 18.2. The summed E-state index contributed by atoms with van der Waals surface area (Å²) in [6.45, 7) is 2.22. The molecule has 2 N–H and O–H groups in total. The summed E-state index contributed by atoms with van der Waals surface area (Å²) < 4.78 is 5.18. The summed E-state index contributed by atoms with van der Waals surface area (Å²) >= 11 is 0. The van der Waals surface area contributed by atoms with Gasteiger partial charge >= 0.3 is 0 Å². The lowest BCUT2D eigenvalue weighted by molar-refractivity contribution is 0.198. The van der Waals surface area contributed by atoms with Crippen molar-refractivity contribution in [3.05, 3.63) is 60.2 Å². The lowest BCUT2D eigenvalue weighted by Crippen LogP contribution is -2.42. The number of benzene rings is 2. The maximum absolute atomic E-state index is 9.93. The molecule has 0 radical (unpaired) electrons. The van der Waals surface area contributed by atoms with Crippen LogP contribution in [-0.4, -0.2) is 24.4 Å². The van der Waals surface area contributed by atoms with Crippen molar-refractivity contribution in [2.24, 2.45) is 0 Å². The standard InChI is InChI=1S/C19H25NO2/c1-3-19(15-21,14-13-16-7-5-4-6-8-16)20-17-9-11-18(22-2)12-10-17/h4-12,20-21H,3,13-15H2,1-2H3/t19-/m1/s1. The minimum absolute atomic E-state index is 0.113. The Hall–Kier alpha value is -2.00. The fourth-order valence-electron chi connectivity index (χ4n) is 2.57. The first kappa shape index (κ1) is 16.4. The molecule has 0 heterocycles. The smallest absolute Gasteiger partial charge is 0.119 e. The number of ether oxygens (including phenoxy) is 1. The van der Waals surface area contributed by atoms with E-state index in [0.29, 0.717) is 0 Å². The van der Waals surface area contributed by atoms with E-state index in [-0.39, 0.29) is 12.1 Å². The fourth-order valence-corrected chi connectivity index (χ4v) is 2.57. The Labute approximate surface area is 133 Å². The number of methoxy groups -OCH3 is 1. The average molecular weight is 299 g/mol. The molecule has 0 bridgehead atoms. The number of nitrogens with one attached hydrogen (secondary N) is 1. The maximum atomic E-state index is 9.93. The molecule has 0 unspecified atom stereocenters. The largest absolute Gasteiger partial charge is 0.497 e. The quantitative estimate of drug-likeness (QED) is 0.777. The zero-order chi connectivity index (χ0) is 15.8. The molecule has 0 aliphatic carbocycles. The van der Waals surface area contributed by atoms with E-state index in [1.54, 1.807) is 7.11 Å². The molecule has 2 aromatic carbocycles. The van der Waals surface area contributed by atoms with Crippen LogP contribution in [0.5, 0.6) is 5.75 Å². The minimum Gasteiger partial charge on any atom is -0.497 e. The van der Waals surface area contributed by atoms with Crippen LogP contribution in [0.15, 0.2) is 54.6 Å². The van der Waals surface area contributed by atoms with E-state index in [1.165, 1.54) is 5.56 Å². The third kappa shape index (κ3) is 4.25. The van der Waals surface area contributed by atoms with Gasteiger partial charge in [-0.1, -0.05) is 37.3 Å². The Kier molecular flexibility index (Phi) is 5.84. The molecule has 0 amide bonds. The Morgan fingerprint density at radius 2 is 1.73 bits per heavy atom. The molecule has 0 fully saturated rings. The molecular weight excluding hydrogens is 274 g/mol. The zero-order valence-corrected chi connectivity index (χ0v) is 13.4. The molecule has 0 spiro atoms. The van der Waals surface area contributed by atoms with E-state index < -0.39 is 0 Å². The predicted octanol–water partition coefficient (Wildman–Crippen LogP) is 3.88. The van der Waals surface area contributed by atoms with Crippen molar-refractivity contribution in [2.75, 3.05) is 19.0 Å². The Balaban J connectivity index is 2.06. The highest BCUT2D eigenvalue weighted by molar-refractivity contribution is 5.48. The van der Waals surface area contributed by atoms with Gasteiger partial charge in [0.15, 0.2) is 0 Å². The summed E-state index contributed by atoms with van der Waals surface area (Å²) in [5.41, 5.74) is 2.00. The minimum atomic E-state index is -0.301. The van der Waals surface area contributed by atoms with Crippen LogP contribution in [0.25, 0.3) is 0 Å². The highest BCUT2D eigenvalue weighted by atomic mass is 16.5. The Bertz CT molecular complexity index is 547. The van der Waals surface area contributed by atoms with Crippen LogP contribution in [-0.2, 0) is 6.42 Å². The van der Waals surface area contributed by atoms with Crippen LogP contribution in [0.1, 0.15) is 25.3 Å². The van der Waals surface area contributed by atoms with Gasteiger partial charge < -0.3 is 15.2 Å². The van der Waals surface area contributed by atoms with Crippen molar-refractivity contribution in [2.45, 2.75) is 31.7 Å². The summed E-state index contributed by atoms with van der Waals surface area (Å²) in [4.78, 5) is 0. The van der Waals surface area contributed by atoms with Crippen molar-refractivity contribution in [3.8, 4) is 5.75 Å². The Morgan fingerprint density at radius 1 is 1.05 bits per heavy atom. The predicted molar refractivity (Wildman–Crippen MR) is 91.5 cm³/mol. The highest BCUT2D eigenvalue weighted by Crippen LogP contribution is 2.25. The molecule has 2 rings (SSSR count). The molecule has 0 aliphatic rings. The number of aliphatic hydroxyl groups excluding tert-OH is 1. The number of anilines is 1. The first-order valence-electron chi connectivity index (χ1n) is 7.78. The van der Waals surface area contributed by atoms with E-state index >= 15 is 0 Å². The van der Waals surface area contributed by atoms with Crippen LogP contribution in [0.4, 0.5) is 5.69 Å². The summed E-state index contributed by atoms with van der Waals surface area (Å²) in [7, 11) is 1.66. The Morgan fingerprint density at radius 3 is 2.27 bits per heavy atom. The van der Waals surface area contributed by atoms with Crippen LogP contribution >= 0.6 is 0 Å². The van der Waals surface area contributed by atoms with Gasteiger partial charge in [-0.15, -0.1) is 0 Å². The van der Waals surface area contributed by atoms with E-state index in [9.17, 15) is 5.11 Å². The second-order valence-corrected chi connectivity index (χ2v) is 5.63. The second kappa shape index (κ2) is 7.85. The number of aryl methyl sites for hydroxylation is 1. The summed E-state index contributed by atoms with van der Waals surface area (Å²) in [5.74, 6) is 0.834. The SMILES string of the molecule is CC[C@](CO)(CCc1ccccc1)Nc1ccc(OC)cc1. The van der Waals surface area contributed by atoms with Crippen molar-refractivity contribution in [1.29, 1.82) is 0 Å². The zero-order valence-electron chi connectivity index (χ0n) is 13.4. The first-order chi connectivity index (χ1) is 10.7. The molecule has 1 atom stereocenters. The van der Waals surface area contributed by atoms with Crippen molar-refractivity contribution in [3.63, 3.8) is 0 Å². The van der Waals surface area contributed by atoms with Gasteiger partial charge in [-0.25, -0.2) is 0 Å². The van der Waals surface area contributed by atoms with Gasteiger partial charge in [-0.2, -0.15) is 0 Å². The van der Waals surface area contributed by atoms with Gasteiger partial charge in [-0.05, 0) is 49.1 Å². The second-order valence-electron chi connectivity index (χ2n) is 5.63. The average Bonchev–Trinajstić information content (AvgIpc) is 2.60. The first-order valence-corrected chi connectivity index (χ1v) is 7.78. The maximum Gasteiger partial charge on any atom is 0.119 e. The topological polar surface area (TPSA) is 41.5 Å². The van der Waals surface area contributed by atoms with Gasteiger partial charge in [0.25, 0.3) is 0 Å². The summed E-state index contributed by atoms with van der Waals surface area (Å²) in [6.07, 6.45) is 2.69. The molecule has 118 valence electrons. The molecule has 3 nitrogen and oxygen atoms in total. The van der Waals surface area contributed by atoms with Crippen LogP contribution in [0.3, 0.4) is 0 Å². The molecule has 22 heavy (non-hydrogen) atoms. The number of hydrogen-bond acceptors (Lipinski definition) is 3. The fraction of sp³-hybridized carbons (Fsp3) is 0.368. The monoisotopic (exact) mass is 299 g/mol. The normalized spacial score (nSPS) is 13.4. The van der Waals surface area contributed by atoms with Gasteiger partial charge in [0.05, 0.1) is 19.3 Å². The van der Waals surface area contributed by atoms with Gasteiger partial charge in [0, 0.05) is 5.69 Å². The molecular formula is C19H25NO2. The van der Waals surface area contributed by atoms with Crippen molar-refractivity contribution < 1.29 is 9.84 Å². The van der Waals surface area contributed by atoms with E-state index in [4.69, 9.17) is 4.74 Å². The molecule has 0 aliphatic heterocycles. The molecule has 3 heteroatoms. The van der Waals surface area contributed by atoms with Crippen molar-refractivity contribution >= 4 is 5.69 Å². The molecule has 0 saturated carbocycles. The molecule has 0 aromatic heterocycles. The molecule has 2 aromatic rings. The lowest BCUT2D eigenvalue weighted by atomic mass is 9.89. The number of aliphatic hydroxyl groups is 1. The van der Waals surface area contributed by atoms with Crippen LogP contribution < -0.4 is 10.1 Å². The van der Waals surface area contributed by atoms with E-state index in [2.05, 4.69) is 36.5 Å². The van der Waals surface area contributed by atoms with E-state index in [1.807, 2.05) is 30.3 Å². The van der Waals surface area contributed by atoms with Crippen molar-refractivity contribution in [1.82, 2.24) is 0 Å². The van der Waals surface area contributed by atoms with E-state index in [0.717, 1.165) is 30.7 Å². The van der Waals surface area contributed by atoms with Gasteiger partial charge in [0.2, 0.25) is 0 Å². The number of rotatable bonds is 8. The van der Waals surface area contributed by atoms with Gasteiger partial charge in [-0.3, -0.25) is 0 Å². The van der Waals surface area contributed by atoms with Gasteiger partial charge in [0.1, 0.15) is 5.75 Å². The number of hydrogen-bond donors (Lipinski definition) is 2. The summed E-state index contributed by atoms with van der Waals surface area (Å²) in [5, 5.41) is 13.4. The third-order valence-corrected chi connectivity index (χ3v) is 4.21. The third-order valence-electron chi connectivity index (χ3n) is 4.21. The molecule has 0 saturated heterocycles. The highest BCUT2D eigenvalue weighted by Gasteiger charge is 2.26. The van der Waals surface area contributed by atoms with Crippen LogP contribution in [0.2, 0.25) is 0 Å². The lowest BCUT2D eigenvalue weighted by Gasteiger charge is -2.33. The van der Waals surface area contributed by atoms with Crippen LogP contribution in [0, 0.1) is 0 Å².